The molecule has 2 fully saturated rings. The van der Waals surface area contributed by atoms with Crippen molar-refractivity contribution in [3.63, 3.8) is 0 Å². The summed E-state index contributed by atoms with van der Waals surface area (Å²) in [4.78, 5) is 41.9. The minimum atomic E-state index is -0.772. The van der Waals surface area contributed by atoms with Crippen LogP contribution in [0.4, 0.5) is 11.4 Å². The van der Waals surface area contributed by atoms with E-state index < -0.39 is 5.92 Å². The molecule has 1 aromatic rings. The van der Waals surface area contributed by atoms with Gasteiger partial charge in [-0.15, -0.1) is 11.8 Å². The SMILES string of the molecule is CCNC(=O)C(C#N)CC1SC(CCNc2cccc(NC(=O)CN3CCCC3CSC)c2)C(=O)N1CC. The third-order valence-corrected chi connectivity index (χ3v) is 9.16. The van der Waals surface area contributed by atoms with E-state index in [9.17, 15) is 19.6 Å². The molecular weight excluding hydrogens is 520 g/mol. The summed E-state index contributed by atoms with van der Waals surface area (Å²) < 4.78 is 0. The molecule has 11 heteroatoms. The van der Waals surface area contributed by atoms with Gasteiger partial charge in [0.25, 0.3) is 0 Å². The highest BCUT2D eigenvalue weighted by molar-refractivity contribution is 8.01. The minimum Gasteiger partial charge on any atom is -0.385 e. The number of anilines is 2. The lowest BCUT2D eigenvalue weighted by molar-refractivity contribution is -0.131. The van der Waals surface area contributed by atoms with E-state index in [-0.39, 0.29) is 28.3 Å². The van der Waals surface area contributed by atoms with Crippen LogP contribution in [0.5, 0.6) is 0 Å². The van der Waals surface area contributed by atoms with Gasteiger partial charge in [0.15, 0.2) is 0 Å². The lowest BCUT2D eigenvalue weighted by atomic mass is 10.1. The number of rotatable bonds is 14. The van der Waals surface area contributed by atoms with Gasteiger partial charge in [0, 0.05) is 49.2 Å². The molecule has 0 aliphatic carbocycles. The molecule has 208 valence electrons. The second kappa shape index (κ2) is 15.2. The van der Waals surface area contributed by atoms with Crippen molar-refractivity contribution in [3.8, 4) is 6.07 Å². The van der Waals surface area contributed by atoms with Crippen molar-refractivity contribution in [1.29, 1.82) is 5.26 Å². The minimum absolute atomic E-state index is 0.00269. The number of hydrogen-bond donors (Lipinski definition) is 3. The van der Waals surface area contributed by atoms with Crippen LogP contribution in [0.1, 0.15) is 39.5 Å². The Hall–Kier alpha value is -2.42. The van der Waals surface area contributed by atoms with Gasteiger partial charge in [0.1, 0.15) is 5.92 Å². The van der Waals surface area contributed by atoms with E-state index >= 15 is 0 Å². The highest BCUT2D eigenvalue weighted by Crippen LogP contribution is 2.37. The lowest BCUT2D eigenvalue weighted by Gasteiger charge is -2.23. The van der Waals surface area contributed by atoms with Gasteiger partial charge in [-0.1, -0.05) is 6.07 Å². The standard InChI is InChI=1S/C27H40N6O3S2/c1-4-29-26(35)19(16-28)14-25-33(5-2)27(36)23(38-25)11-12-30-20-8-6-9-21(15-20)31-24(34)17-32-13-7-10-22(32)18-37-3/h6,8-9,15,19,22-23,25,30H,4-5,7,10-14,17-18H2,1-3H3,(H,29,35)(H,31,34). The quantitative estimate of drug-likeness (QED) is 0.318. The molecule has 1 aromatic carbocycles. The second-order valence-electron chi connectivity index (χ2n) is 9.58. The van der Waals surface area contributed by atoms with E-state index in [0.29, 0.717) is 45.1 Å². The maximum Gasteiger partial charge on any atom is 0.238 e. The molecule has 3 amide bonds. The van der Waals surface area contributed by atoms with Crippen molar-refractivity contribution < 1.29 is 14.4 Å². The lowest BCUT2D eigenvalue weighted by Crippen LogP contribution is -2.38. The zero-order valence-corrected chi connectivity index (χ0v) is 24.2. The maximum atomic E-state index is 13.0. The van der Waals surface area contributed by atoms with Gasteiger partial charge >= 0.3 is 0 Å². The van der Waals surface area contributed by atoms with Crippen LogP contribution in [0.25, 0.3) is 0 Å². The van der Waals surface area contributed by atoms with E-state index in [0.717, 1.165) is 36.5 Å². The number of carbonyl (C=O) groups excluding carboxylic acids is 3. The van der Waals surface area contributed by atoms with Gasteiger partial charge in [-0.05, 0) is 64.1 Å². The van der Waals surface area contributed by atoms with E-state index in [1.807, 2.05) is 49.9 Å². The van der Waals surface area contributed by atoms with Gasteiger partial charge in [0.05, 0.1) is 23.2 Å². The summed E-state index contributed by atoms with van der Waals surface area (Å²) in [7, 11) is 0. The summed E-state index contributed by atoms with van der Waals surface area (Å²) in [5.74, 6) is 0.0531. The maximum absolute atomic E-state index is 13.0. The first kappa shape index (κ1) is 30.1. The normalized spacial score (nSPS) is 22.2. The highest BCUT2D eigenvalue weighted by atomic mass is 32.2. The third-order valence-electron chi connectivity index (χ3n) is 6.92. The van der Waals surface area contributed by atoms with E-state index in [1.165, 1.54) is 11.8 Å². The van der Waals surface area contributed by atoms with Gasteiger partial charge in [0.2, 0.25) is 17.7 Å². The number of benzene rings is 1. The van der Waals surface area contributed by atoms with E-state index in [4.69, 9.17) is 0 Å². The number of nitriles is 1. The fraction of sp³-hybridized carbons (Fsp3) is 0.630. The van der Waals surface area contributed by atoms with Crippen molar-refractivity contribution in [2.75, 3.05) is 55.4 Å². The smallest absolute Gasteiger partial charge is 0.238 e. The average Bonchev–Trinajstić information content (AvgIpc) is 3.45. The Bertz CT molecular complexity index is 1000. The zero-order valence-electron chi connectivity index (χ0n) is 22.6. The molecule has 2 saturated heterocycles. The van der Waals surface area contributed by atoms with Crippen molar-refractivity contribution in [1.82, 2.24) is 15.1 Å². The Morgan fingerprint density at radius 3 is 2.79 bits per heavy atom. The molecule has 2 aliphatic rings. The molecule has 2 heterocycles. The molecular formula is C27H40N6O3S2. The van der Waals surface area contributed by atoms with Crippen LogP contribution in [-0.2, 0) is 14.4 Å². The summed E-state index contributed by atoms with van der Waals surface area (Å²) in [5.41, 5.74) is 1.63. The van der Waals surface area contributed by atoms with E-state index in [1.54, 1.807) is 4.90 Å². The van der Waals surface area contributed by atoms with Crippen molar-refractivity contribution in [3.05, 3.63) is 24.3 Å². The number of carbonyl (C=O) groups is 3. The number of thioether (sulfide) groups is 2. The van der Waals surface area contributed by atoms with Crippen molar-refractivity contribution in [2.45, 2.75) is 56.2 Å². The van der Waals surface area contributed by atoms with Crippen LogP contribution in [0.3, 0.4) is 0 Å². The van der Waals surface area contributed by atoms with Gasteiger partial charge in [-0.25, -0.2) is 0 Å². The number of nitrogens with one attached hydrogen (secondary N) is 3. The predicted octanol–water partition coefficient (Wildman–Crippen LogP) is 3.21. The summed E-state index contributed by atoms with van der Waals surface area (Å²) in [6.45, 7) is 6.73. The molecule has 4 atom stereocenters. The number of hydrogen-bond acceptors (Lipinski definition) is 8. The first-order valence-corrected chi connectivity index (χ1v) is 15.7. The van der Waals surface area contributed by atoms with Crippen LogP contribution >= 0.6 is 23.5 Å². The highest BCUT2D eigenvalue weighted by Gasteiger charge is 2.40. The summed E-state index contributed by atoms with van der Waals surface area (Å²) in [6.07, 6.45) is 5.35. The van der Waals surface area contributed by atoms with Gasteiger partial charge in [-0.3, -0.25) is 19.3 Å². The molecule has 38 heavy (non-hydrogen) atoms. The van der Waals surface area contributed by atoms with Crippen molar-refractivity contribution in [2.24, 2.45) is 5.92 Å². The van der Waals surface area contributed by atoms with Gasteiger partial charge in [-0.2, -0.15) is 17.0 Å². The Morgan fingerprint density at radius 2 is 2.08 bits per heavy atom. The molecule has 0 aromatic heterocycles. The topological polar surface area (TPSA) is 118 Å². The first-order valence-electron chi connectivity index (χ1n) is 13.4. The second-order valence-corrected chi connectivity index (χ2v) is 11.9. The molecule has 3 rings (SSSR count). The van der Waals surface area contributed by atoms with Crippen LogP contribution < -0.4 is 16.0 Å². The van der Waals surface area contributed by atoms with Gasteiger partial charge < -0.3 is 20.9 Å². The summed E-state index contributed by atoms with van der Waals surface area (Å²) in [5, 5.41) is 18.1. The molecule has 0 spiro atoms. The Morgan fingerprint density at radius 1 is 1.29 bits per heavy atom. The molecule has 0 saturated carbocycles. The van der Waals surface area contributed by atoms with Crippen molar-refractivity contribution >= 4 is 52.6 Å². The fourth-order valence-electron chi connectivity index (χ4n) is 5.02. The monoisotopic (exact) mass is 560 g/mol. The zero-order chi connectivity index (χ0) is 27.5. The number of likely N-dealkylation sites (tertiary alicyclic amines) is 1. The van der Waals surface area contributed by atoms with Crippen LogP contribution in [0, 0.1) is 17.2 Å². The molecule has 2 aliphatic heterocycles. The molecule has 0 bridgehead atoms. The average molecular weight is 561 g/mol. The first-order chi connectivity index (χ1) is 18.4. The van der Waals surface area contributed by atoms with Crippen LogP contribution in [-0.4, -0.2) is 88.9 Å². The number of nitrogens with zero attached hydrogens (tertiary/aromatic N) is 3. The van der Waals surface area contributed by atoms with Crippen LogP contribution in [0.2, 0.25) is 0 Å². The fourth-order valence-corrected chi connectivity index (χ4v) is 7.37. The Labute approximate surface area is 234 Å². The summed E-state index contributed by atoms with van der Waals surface area (Å²) in [6, 6.07) is 10.2. The molecule has 9 nitrogen and oxygen atoms in total. The molecule has 4 unspecified atom stereocenters. The molecule has 3 N–H and O–H groups in total. The Kier molecular flexibility index (Phi) is 12.1. The number of amides is 3. The molecule has 0 radical (unpaired) electrons. The van der Waals surface area contributed by atoms with E-state index in [2.05, 4.69) is 33.2 Å². The van der Waals surface area contributed by atoms with Crippen LogP contribution in [0.15, 0.2) is 24.3 Å². The summed E-state index contributed by atoms with van der Waals surface area (Å²) >= 11 is 3.36. The Balaban J connectivity index is 1.49. The predicted molar refractivity (Wildman–Crippen MR) is 156 cm³/mol. The largest absolute Gasteiger partial charge is 0.385 e. The third kappa shape index (κ3) is 8.29.